The van der Waals surface area contributed by atoms with E-state index in [1.807, 2.05) is 32.0 Å². The SMILES string of the molecule is CNCC(C)S(=O)(=O)Nc1cc(C)cc(C)c1. The predicted octanol–water partition coefficient (Wildman–Crippen LogP) is 1.65. The fourth-order valence-electron chi connectivity index (χ4n) is 1.70. The molecule has 0 aliphatic rings. The highest BCUT2D eigenvalue weighted by Crippen LogP contribution is 2.16. The molecule has 1 atom stereocenters. The normalized spacial score (nSPS) is 13.4. The van der Waals surface area contributed by atoms with Crippen molar-refractivity contribution in [1.82, 2.24) is 5.32 Å². The van der Waals surface area contributed by atoms with E-state index in [1.165, 1.54) is 0 Å². The van der Waals surface area contributed by atoms with Crippen LogP contribution in [0.2, 0.25) is 0 Å². The van der Waals surface area contributed by atoms with Gasteiger partial charge in [0.1, 0.15) is 0 Å². The molecule has 17 heavy (non-hydrogen) atoms. The Morgan fingerprint density at radius 3 is 2.18 bits per heavy atom. The summed E-state index contributed by atoms with van der Waals surface area (Å²) in [5.41, 5.74) is 2.72. The van der Waals surface area contributed by atoms with Crippen LogP contribution in [0, 0.1) is 13.8 Å². The zero-order chi connectivity index (χ0) is 13.1. The Labute approximate surface area is 103 Å². The maximum absolute atomic E-state index is 12.0. The topological polar surface area (TPSA) is 58.2 Å². The van der Waals surface area contributed by atoms with Crippen molar-refractivity contribution in [3.8, 4) is 0 Å². The van der Waals surface area contributed by atoms with Gasteiger partial charge in [0.05, 0.1) is 5.25 Å². The summed E-state index contributed by atoms with van der Waals surface area (Å²) in [7, 11) is -1.58. The van der Waals surface area contributed by atoms with Crippen LogP contribution in [-0.4, -0.2) is 27.3 Å². The van der Waals surface area contributed by atoms with Gasteiger partial charge in [-0.05, 0) is 51.1 Å². The Kier molecular flexibility index (Phi) is 4.54. The second-order valence-electron chi connectivity index (χ2n) is 4.39. The standard InChI is InChI=1S/C12H20N2O2S/c1-9-5-10(2)7-12(6-9)14-17(15,16)11(3)8-13-4/h5-7,11,13-14H,8H2,1-4H3. The van der Waals surface area contributed by atoms with E-state index in [2.05, 4.69) is 10.0 Å². The average molecular weight is 256 g/mol. The van der Waals surface area contributed by atoms with Crippen molar-refractivity contribution in [3.63, 3.8) is 0 Å². The summed E-state index contributed by atoms with van der Waals surface area (Å²) in [5, 5.41) is 2.40. The largest absolute Gasteiger partial charge is 0.318 e. The Morgan fingerprint density at radius 2 is 1.71 bits per heavy atom. The second kappa shape index (κ2) is 5.51. The van der Waals surface area contributed by atoms with Gasteiger partial charge in [0.15, 0.2) is 0 Å². The zero-order valence-electron chi connectivity index (χ0n) is 10.7. The van der Waals surface area contributed by atoms with Crippen molar-refractivity contribution in [2.75, 3.05) is 18.3 Å². The lowest BCUT2D eigenvalue weighted by Gasteiger charge is -2.15. The van der Waals surface area contributed by atoms with Gasteiger partial charge in [-0.15, -0.1) is 0 Å². The van der Waals surface area contributed by atoms with E-state index in [0.29, 0.717) is 12.2 Å². The molecule has 1 unspecified atom stereocenters. The lowest BCUT2D eigenvalue weighted by molar-refractivity contribution is 0.584. The molecule has 0 radical (unpaired) electrons. The van der Waals surface area contributed by atoms with Crippen LogP contribution in [0.5, 0.6) is 0 Å². The number of anilines is 1. The van der Waals surface area contributed by atoms with Crippen LogP contribution in [-0.2, 0) is 10.0 Å². The van der Waals surface area contributed by atoms with Crippen LogP contribution in [0.1, 0.15) is 18.1 Å². The Bertz CT molecular complexity index is 463. The minimum absolute atomic E-state index is 0.431. The number of rotatable bonds is 5. The van der Waals surface area contributed by atoms with Crippen molar-refractivity contribution in [2.45, 2.75) is 26.0 Å². The van der Waals surface area contributed by atoms with E-state index in [9.17, 15) is 8.42 Å². The summed E-state index contributed by atoms with van der Waals surface area (Å²) in [6, 6.07) is 5.67. The first-order valence-electron chi connectivity index (χ1n) is 5.59. The first-order valence-corrected chi connectivity index (χ1v) is 7.14. The van der Waals surface area contributed by atoms with Gasteiger partial charge in [-0.2, -0.15) is 0 Å². The molecule has 4 nitrogen and oxygen atoms in total. The van der Waals surface area contributed by atoms with Crippen LogP contribution >= 0.6 is 0 Å². The summed E-state index contributed by atoms with van der Waals surface area (Å²) in [6.07, 6.45) is 0. The van der Waals surface area contributed by atoms with Gasteiger partial charge in [0.2, 0.25) is 10.0 Å². The van der Waals surface area contributed by atoms with Gasteiger partial charge in [-0.1, -0.05) is 6.07 Å². The molecule has 0 spiro atoms. The molecule has 0 aliphatic heterocycles. The summed E-state index contributed by atoms with van der Waals surface area (Å²) >= 11 is 0. The highest BCUT2D eigenvalue weighted by molar-refractivity contribution is 7.93. The van der Waals surface area contributed by atoms with E-state index in [0.717, 1.165) is 11.1 Å². The maximum Gasteiger partial charge on any atom is 0.236 e. The van der Waals surface area contributed by atoms with Crippen molar-refractivity contribution in [1.29, 1.82) is 0 Å². The van der Waals surface area contributed by atoms with E-state index < -0.39 is 15.3 Å². The highest BCUT2D eigenvalue weighted by atomic mass is 32.2. The second-order valence-corrected chi connectivity index (χ2v) is 6.49. The molecule has 0 saturated heterocycles. The Hall–Kier alpha value is -1.07. The first kappa shape index (κ1) is 14.0. The molecule has 0 aromatic heterocycles. The molecule has 0 fully saturated rings. The molecule has 1 rings (SSSR count). The van der Waals surface area contributed by atoms with Gasteiger partial charge in [-0.25, -0.2) is 8.42 Å². The van der Waals surface area contributed by atoms with Crippen LogP contribution in [0.25, 0.3) is 0 Å². The molecule has 1 aromatic rings. The number of hydrogen-bond acceptors (Lipinski definition) is 3. The van der Waals surface area contributed by atoms with Gasteiger partial charge in [-0.3, -0.25) is 4.72 Å². The third-order valence-corrected chi connectivity index (χ3v) is 4.25. The minimum Gasteiger partial charge on any atom is -0.318 e. The Balaban J connectivity index is 2.90. The summed E-state index contributed by atoms with van der Waals surface area (Å²) in [5.74, 6) is 0. The minimum atomic E-state index is -3.32. The number of hydrogen-bond donors (Lipinski definition) is 2. The van der Waals surface area contributed by atoms with Crippen LogP contribution < -0.4 is 10.0 Å². The van der Waals surface area contributed by atoms with E-state index in [1.54, 1.807) is 14.0 Å². The molecular formula is C12H20N2O2S. The van der Waals surface area contributed by atoms with Gasteiger partial charge in [0.25, 0.3) is 0 Å². The monoisotopic (exact) mass is 256 g/mol. The summed E-state index contributed by atoms with van der Waals surface area (Å²) < 4.78 is 26.5. The first-order chi connectivity index (χ1) is 7.85. The molecule has 5 heteroatoms. The van der Waals surface area contributed by atoms with E-state index >= 15 is 0 Å². The lowest BCUT2D eigenvalue weighted by Crippen LogP contribution is -2.33. The third-order valence-electron chi connectivity index (χ3n) is 2.50. The predicted molar refractivity (Wildman–Crippen MR) is 71.8 cm³/mol. The molecule has 2 N–H and O–H groups in total. The number of nitrogens with one attached hydrogen (secondary N) is 2. The molecule has 0 aliphatic carbocycles. The van der Waals surface area contributed by atoms with Crippen molar-refractivity contribution < 1.29 is 8.42 Å². The highest BCUT2D eigenvalue weighted by Gasteiger charge is 2.19. The number of sulfonamides is 1. The quantitative estimate of drug-likeness (QED) is 0.842. The van der Waals surface area contributed by atoms with E-state index in [-0.39, 0.29) is 0 Å². The molecule has 1 aromatic carbocycles. The van der Waals surface area contributed by atoms with Crippen LogP contribution in [0.3, 0.4) is 0 Å². The molecule has 0 saturated carbocycles. The lowest BCUT2D eigenvalue weighted by atomic mass is 10.1. The van der Waals surface area contributed by atoms with Crippen molar-refractivity contribution >= 4 is 15.7 Å². The van der Waals surface area contributed by atoms with Crippen LogP contribution in [0.15, 0.2) is 18.2 Å². The zero-order valence-corrected chi connectivity index (χ0v) is 11.6. The molecule has 0 amide bonds. The smallest absolute Gasteiger partial charge is 0.236 e. The van der Waals surface area contributed by atoms with Gasteiger partial charge < -0.3 is 5.32 Å². The maximum atomic E-state index is 12.0. The van der Waals surface area contributed by atoms with Crippen LogP contribution in [0.4, 0.5) is 5.69 Å². The molecule has 0 heterocycles. The molecule has 96 valence electrons. The third kappa shape index (κ3) is 4.02. The number of benzene rings is 1. The molecular weight excluding hydrogens is 236 g/mol. The summed E-state index contributed by atoms with van der Waals surface area (Å²) in [6.45, 7) is 6.01. The Morgan fingerprint density at radius 1 is 1.18 bits per heavy atom. The fourth-order valence-corrected chi connectivity index (χ4v) is 2.73. The molecule has 0 bridgehead atoms. The van der Waals surface area contributed by atoms with Crippen molar-refractivity contribution in [2.24, 2.45) is 0 Å². The van der Waals surface area contributed by atoms with Gasteiger partial charge >= 0.3 is 0 Å². The summed E-state index contributed by atoms with van der Waals surface area (Å²) in [4.78, 5) is 0. The number of aryl methyl sites for hydroxylation is 2. The average Bonchev–Trinajstić information content (AvgIpc) is 2.15. The van der Waals surface area contributed by atoms with E-state index in [4.69, 9.17) is 0 Å². The van der Waals surface area contributed by atoms with Crippen molar-refractivity contribution in [3.05, 3.63) is 29.3 Å². The van der Waals surface area contributed by atoms with Gasteiger partial charge in [0, 0.05) is 12.2 Å². The fraction of sp³-hybridized carbons (Fsp3) is 0.500.